The van der Waals surface area contributed by atoms with Crippen LogP contribution in [0.3, 0.4) is 0 Å². The zero-order chi connectivity index (χ0) is 14.3. The Morgan fingerprint density at radius 1 is 1.11 bits per heavy atom. The Balaban J connectivity index is 2.37. The van der Waals surface area contributed by atoms with Gasteiger partial charge in [0, 0.05) is 32.7 Å². The fourth-order valence-corrected chi connectivity index (χ4v) is 2.68. The lowest BCUT2D eigenvalue weighted by molar-refractivity contribution is -0.132. The molecular weight excluding hydrogens is 238 g/mol. The van der Waals surface area contributed by atoms with E-state index in [1.54, 1.807) is 0 Å². The van der Waals surface area contributed by atoms with E-state index in [1.165, 1.54) is 0 Å². The van der Waals surface area contributed by atoms with Gasteiger partial charge < -0.3 is 9.64 Å². The summed E-state index contributed by atoms with van der Waals surface area (Å²) in [6, 6.07) is 0. The van der Waals surface area contributed by atoms with E-state index in [1.807, 2.05) is 0 Å². The van der Waals surface area contributed by atoms with Crippen molar-refractivity contribution in [1.82, 2.24) is 4.90 Å². The predicted molar refractivity (Wildman–Crippen MR) is 79.0 cm³/mol. The molecule has 1 aliphatic heterocycles. The van der Waals surface area contributed by atoms with Crippen LogP contribution in [0.2, 0.25) is 0 Å². The van der Waals surface area contributed by atoms with Crippen molar-refractivity contribution in [3.05, 3.63) is 0 Å². The largest absolute Gasteiger partial charge is 0.381 e. The fraction of sp³-hybridized carbons (Fsp3) is 0.938. The minimum Gasteiger partial charge on any atom is -0.381 e. The van der Waals surface area contributed by atoms with Crippen molar-refractivity contribution in [2.75, 3.05) is 26.3 Å². The van der Waals surface area contributed by atoms with Crippen molar-refractivity contribution >= 4 is 5.91 Å². The fourth-order valence-electron chi connectivity index (χ4n) is 2.68. The summed E-state index contributed by atoms with van der Waals surface area (Å²) in [5.41, 5.74) is 0. The standard InChI is InChI=1S/C16H31NO2/c1-13(2)11-17(12-14(3)4)16(18)6-5-15-7-9-19-10-8-15/h13-15H,5-12H2,1-4H3. The summed E-state index contributed by atoms with van der Waals surface area (Å²) in [7, 11) is 0. The van der Waals surface area contributed by atoms with Crippen LogP contribution >= 0.6 is 0 Å². The molecule has 1 aliphatic rings. The Labute approximate surface area is 118 Å². The van der Waals surface area contributed by atoms with Gasteiger partial charge in [-0.25, -0.2) is 0 Å². The van der Waals surface area contributed by atoms with E-state index in [0.29, 0.717) is 30.1 Å². The molecule has 0 aromatic rings. The Hall–Kier alpha value is -0.570. The summed E-state index contributed by atoms with van der Waals surface area (Å²) in [5, 5.41) is 0. The summed E-state index contributed by atoms with van der Waals surface area (Å²) < 4.78 is 5.36. The molecule has 0 aromatic heterocycles. The molecule has 0 bridgehead atoms. The van der Waals surface area contributed by atoms with Crippen LogP contribution in [-0.2, 0) is 9.53 Å². The molecule has 0 radical (unpaired) electrons. The highest BCUT2D eigenvalue weighted by Crippen LogP contribution is 2.20. The molecule has 0 aromatic carbocycles. The minimum absolute atomic E-state index is 0.342. The number of ether oxygens (including phenoxy) is 1. The molecule has 1 amide bonds. The zero-order valence-corrected chi connectivity index (χ0v) is 13.2. The van der Waals surface area contributed by atoms with Crippen molar-refractivity contribution in [3.63, 3.8) is 0 Å². The van der Waals surface area contributed by atoms with Crippen molar-refractivity contribution in [3.8, 4) is 0 Å². The van der Waals surface area contributed by atoms with Gasteiger partial charge in [0.05, 0.1) is 0 Å². The Morgan fingerprint density at radius 3 is 2.11 bits per heavy atom. The van der Waals surface area contributed by atoms with E-state index < -0.39 is 0 Å². The maximum atomic E-state index is 12.4. The third-order valence-corrected chi connectivity index (χ3v) is 3.63. The second kappa shape index (κ2) is 8.57. The lowest BCUT2D eigenvalue weighted by atomic mass is 9.94. The van der Waals surface area contributed by atoms with Crippen LogP contribution in [0.1, 0.15) is 53.4 Å². The maximum absolute atomic E-state index is 12.4. The zero-order valence-electron chi connectivity index (χ0n) is 13.2. The number of carbonyl (C=O) groups excluding carboxylic acids is 1. The lowest BCUT2D eigenvalue weighted by Crippen LogP contribution is -2.37. The topological polar surface area (TPSA) is 29.5 Å². The lowest BCUT2D eigenvalue weighted by Gasteiger charge is -2.28. The molecule has 1 heterocycles. The van der Waals surface area contributed by atoms with Gasteiger partial charge in [-0.15, -0.1) is 0 Å². The van der Waals surface area contributed by atoms with Crippen LogP contribution in [0.15, 0.2) is 0 Å². The summed E-state index contributed by atoms with van der Waals surface area (Å²) in [6.45, 7) is 12.3. The Bertz CT molecular complexity index is 247. The number of rotatable bonds is 7. The molecule has 112 valence electrons. The predicted octanol–water partition coefficient (Wildman–Crippen LogP) is 3.33. The Kier molecular flexibility index (Phi) is 7.44. The Morgan fingerprint density at radius 2 is 1.63 bits per heavy atom. The number of hydrogen-bond acceptors (Lipinski definition) is 2. The van der Waals surface area contributed by atoms with Gasteiger partial charge in [-0.05, 0) is 37.0 Å². The summed E-state index contributed by atoms with van der Waals surface area (Å²) in [4.78, 5) is 14.4. The van der Waals surface area contributed by atoms with Gasteiger partial charge in [-0.1, -0.05) is 27.7 Å². The van der Waals surface area contributed by atoms with Crippen LogP contribution in [0.4, 0.5) is 0 Å². The molecule has 0 saturated carbocycles. The van der Waals surface area contributed by atoms with Crippen molar-refractivity contribution in [1.29, 1.82) is 0 Å². The van der Waals surface area contributed by atoms with Crippen molar-refractivity contribution in [2.45, 2.75) is 53.4 Å². The molecule has 19 heavy (non-hydrogen) atoms. The highest BCUT2D eigenvalue weighted by atomic mass is 16.5. The van der Waals surface area contributed by atoms with Gasteiger partial charge in [-0.2, -0.15) is 0 Å². The molecule has 3 heteroatoms. The van der Waals surface area contributed by atoms with Gasteiger partial charge in [0.15, 0.2) is 0 Å². The highest BCUT2D eigenvalue weighted by molar-refractivity contribution is 5.76. The first-order valence-corrected chi connectivity index (χ1v) is 7.84. The molecule has 1 rings (SSSR count). The molecule has 0 spiro atoms. The van der Waals surface area contributed by atoms with Crippen LogP contribution < -0.4 is 0 Å². The van der Waals surface area contributed by atoms with Crippen LogP contribution in [0.25, 0.3) is 0 Å². The molecule has 0 N–H and O–H groups in total. The second-order valence-electron chi connectivity index (χ2n) is 6.68. The van der Waals surface area contributed by atoms with Crippen LogP contribution in [-0.4, -0.2) is 37.1 Å². The van der Waals surface area contributed by atoms with Crippen LogP contribution in [0, 0.1) is 17.8 Å². The number of carbonyl (C=O) groups is 1. The van der Waals surface area contributed by atoms with Crippen LogP contribution in [0.5, 0.6) is 0 Å². The molecule has 0 aliphatic carbocycles. The van der Waals surface area contributed by atoms with Crippen molar-refractivity contribution < 1.29 is 9.53 Å². The summed E-state index contributed by atoms with van der Waals surface area (Å²) in [6.07, 6.45) is 4.00. The van der Waals surface area contributed by atoms with E-state index in [2.05, 4.69) is 32.6 Å². The quantitative estimate of drug-likeness (QED) is 0.709. The molecule has 0 atom stereocenters. The first kappa shape index (κ1) is 16.5. The molecule has 3 nitrogen and oxygen atoms in total. The van der Waals surface area contributed by atoms with E-state index >= 15 is 0 Å². The van der Waals surface area contributed by atoms with Gasteiger partial charge >= 0.3 is 0 Å². The smallest absolute Gasteiger partial charge is 0.222 e. The molecule has 0 unspecified atom stereocenters. The summed E-state index contributed by atoms with van der Waals surface area (Å²) in [5.74, 6) is 2.13. The van der Waals surface area contributed by atoms with E-state index in [-0.39, 0.29) is 0 Å². The molecule has 1 fully saturated rings. The average Bonchev–Trinajstić information content (AvgIpc) is 2.35. The summed E-state index contributed by atoms with van der Waals surface area (Å²) >= 11 is 0. The normalized spacial score (nSPS) is 17.2. The van der Waals surface area contributed by atoms with Crippen molar-refractivity contribution in [2.24, 2.45) is 17.8 Å². The van der Waals surface area contributed by atoms with Gasteiger partial charge in [0.2, 0.25) is 5.91 Å². The highest BCUT2D eigenvalue weighted by Gasteiger charge is 2.19. The third kappa shape index (κ3) is 6.95. The maximum Gasteiger partial charge on any atom is 0.222 e. The first-order chi connectivity index (χ1) is 8.99. The van der Waals surface area contributed by atoms with E-state index in [0.717, 1.165) is 45.6 Å². The second-order valence-corrected chi connectivity index (χ2v) is 6.68. The molecule has 1 saturated heterocycles. The van der Waals surface area contributed by atoms with Gasteiger partial charge in [-0.3, -0.25) is 4.79 Å². The average molecular weight is 269 g/mol. The third-order valence-electron chi connectivity index (χ3n) is 3.63. The van der Waals surface area contributed by atoms with Gasteiger partial charge in [0.25, 0.3) is 0 Å². The number of amides is 1. The molecular formula is C16H31NO2. The van der Waals surface area contributed by atoms with E-state index in [4.69, 9.17) is 4.74 Å². The van der Waals surface area contributed by atoms with E-state index in [9.17, 15) is 4.79 Å². The van der Waals surface area contributed by atoms with Gasteiger partial charge in [0.1, 0.15) is 0 Å². The first-order valence-electron chi connectivity index (χ1n) is 7.84. The minimum atomic E-state index is 0.342. The number of hydrogen-bond donors (Lipinski definition) is 0. The monoisotopic (exact) mass is 269 g/mol. The SMILES string of the molecule is CC(C)CN(CC(C)C)C(=O)CCC1CCOCC1. The number of nitrogens with zero attached hydrogens (tertiary/aromatic N) is 1.